The van der Waals surface area contributed by atoms with Crippen molar-refractivity contribution in [3.8, 4) is 0 Å². The van der Waals surface area contributed by atoms with Crippen molar-refractivity contribution < 1.29 is 4.79 Å². The van der Waals surface area contributed by atoms with Gasteiger partial charge in [0.2, 0.25) is 5.91 Å². The van der Waals surface area contributed by atoms with Crippen molar-refractivity contribution in [2.45, 2.75) is 35.4 Å². The lowest BCUT2D eigenvalue weighted by atomic mass is 10.1. The second-order valence-electron chi connectivity index (χ2n) is 5.72. The summed E-state index contributed by atoms with van der Waals surface area (Å²) in [5.74, 6) is -0.0204. The summed E-state index contributed by atoms with van der Waals surface area (Å²) in [5, 5.41) is 5.51. The molecule has 0 aliphatic rings. The molecule has 0 spiro atoms. The Morgan fingerprint density at radius 3 is 2.88 bits per heavy atom. The van der Waals surface area contributed by atoms with Gasteiger partial charge in [0.25, 0.3) is 0 Å². The first-order valence-electron chi connectivity index (χ1n) is 8.19. The van der Waals surface area contributed by atoms with Gasteiger partial charge in [-0.05, 0) is 50.1 Å². The van der Waals surface area contributed by atoms with Crippen molar-refractivity contribution in [3.05, 3.63) is 64.4 Å². The van der Waals surface area contributed by atoms with Crippen LogP contribution in [0.3, 0.4) is 0 Å². The summed E-state index contributed by atoms with van der Waals surface area (Å²) in [6.07, 6.45) is 3.76. The monoisotopic (exact) mass is 403 g/mol. The number of nitrogens with one attached hydrogen (secondary N) is 1. The Morgan fingerprint density at radius 2 is 2.19 bits per heavy atom. The predicted octanol–water partition coefficient (Wildman–Crippen LogP) is 5.61. The third-order valence-corrected chi connectivity index (χ3v) is 6.13. The third kappa shape index (κ3) is 5.56. The van der Waals surface area contributed by atoms with E-state index in [2.05, 4.69) is 15.3 Å². The minimum Gasteiger partial charge on any atom is -0.326 e. The first kappa shape index (κ1) is 18.9. The SMILES string of the molecule is Cc1csc(Sc2ccc(NC(=O)CCCc3ccccn3)cc2Cl)n1. The molecular formula is C19H18ClN3OS2. The maximum atomic E-state index is 12.1. The van der Waals surface area contributed by atoms with E-state index in [-0.39, 0.29) is 5.91 Å². The second kappa shape index (κ2) is 9.16. The predicted molar refractivity (Wildman–Crippen MR) is 108 cm³/mol. The fourth-order valence-corrected chi connectivity index (χ4v) is 4.43. The minimum atomic E-state index is -0.0204. The lowest BCUT2D eigenvalue weighted by Gasteiger charge is -2.08. The summed E-state index contributed by atoms with van der Waals surface area (Å²) in [7, 11) is 0. The molecule has 0 bridgehead atoms. The number of halogens is 1. The Labute approximate surface area is 166 Å². The second-order valence-corrected chi connectivity index (χ2v) is 8.28. The van der Waals surface area contributed by atoms with E-state index in [1.807, 2.05) is 42.6 Å². The Kier molecular flexibility index (Phi) is 6.66. The number of benzene rings is 1. The number of thiazole rings is 1. The molecule has 2 aromatic heterocycles. The van der Waals surface area contributed by atoms with Crippen LogP contribution in [0.15, 0.2) is 57.2 Å². The molecule has 1 N–H and O–H groups in total. The van der Waals surface area contributed by atoms with E-state index < -0.39 is 0 Å². The number of carbonyl (C=O) groups excluding carboxylic acids is 1. The van der Waals surface area contributed by atoms with Crippen LogP contribution >= 0.6 is 34.7 Å². The van der Waals surface area contributed by atoms with E-state index in [9.17, 15) is 4.79 Å². The zero-order chi connectivity index (χ0) is 18.4. The lowest BCUT2D eigenvalue weighted by Crippen LogP contribution is -2.11. The van der Waals surface area contributed by atoms with Crippen LogP contribution in [0.1, 0.15) is 24.2 Å². The number of pyridine rings is 1. The Bertz CT molecular complexity index is 884. The number of carbonyl (C=O) groups is 1. The van der Waals surface area contributed by atoms with Crippen molar-refractivity contribution in [1.29, 1.82) is 0 Å². The Balaban J connectivity index is 1.51. The zero-order valence-corrected chi connectivity index (χ0v) is 16.6. The number of anilines is 1. The number of hydrogen-bond acceptors (Lipinski definition) is 5. The molecule has 7 heteroatoms. The van der Waals surface area contributed by atoms with Gasteiger partial charge in [-0.25, -0.2) is 4.98 Å². The highest BCUT2D eigenvalue weighted by molar-refractivity contribution is 8.01. The van der Waals surface area contributed by atoms with Gasteiger partial charge in [0.15, 0.2) is 4.34 Å². The number of aromatic nitrogens is 2. The average Bonchev–Trinajstić information content (AvgIpc) is 3.03. The summed E-state index contributed by atoms with van der Waals surface area (Å²) in [5.41, 5.74) is 2.71. The molecule has 0 fully saturated rings. The highest BCUT2D eigenvalue weighted by atomic mass is 35.5. The van der Waals surface area contributed by atoms with Gasteiger partial charge >= 0.3 is 0 Å². The number of hydrogen-bond donors (Lipinski definition) is 1. The molecule has 0 aliphatic heterocycles. The van der Waals surface area contributed by atoms with E-state index in [0.29, 0.717) is 17.1 Å². The van der Waals surface area contributed by atoms with E-state index in [0.717, 1.165) is 33.5 Å². The van der Waals surface area contributed by atoms with Crippen LogP contribution in [0.2, 0.25) is 5.02 Å². The van der Waals surface area contributed by atoms with Gasteiger partial charge in [-0.3, -0.25) is 9.78 Å². The maximum absolute atomic E-state index is 12.1. The first-order chi connectivity index (χ1) is 12.6. The quantitative estimate of drug-likeness (QED) is 0.556. The molecule has 0 saturated carbocycles. The van der Waals surface area contributed by atoms with E-state index in [1.165, 1.54) is 11.8 Å². The van der Waals surface area contributed by atoms with Crippen LogP contribution < -0.4 is 5.32 Å². The molecule has 4 nitrogen and oxygen atoms in total. The zero-order valence-electron chi connectivity index (χ0n) is 14.2. The van der Waals surface area contributed by atoms with Crippen molar-refractivity contribution >= 4 is 46.3 Å². The van der Waals surface area contributed by atoms with E-state index in [4.69, 9.17) is 11.6 Å². The highest BCUT2D eigenvalue weighted by Gasteiger charge is 2.09. The minimum absolute atomic E-state index is 0.0204. The summed E-state index contributed by atoms with van der Waals surface area (Å²) < 4.78 is 0.954. The number of amides is 1. The summed E-state index contributed by atoms with van der Waals surface area (Å²) in [6.45, 7) is 1.97. The smallest absolute Gasteiger partial charge is 0.224 e. The normalized spacial score (nSPS) is 10.7. The summed E-state index contributed by atoms with van der Waals surface area (Å²) in [6, 6.07) is 11.4. The molecule has 1 aromatic carbocycles. The van der Waals surface area contributed by atoms with Crippen LogP contribution in [-0.4, -0.2) is 15.9 Å². The first-order valence-corrected chi connectivity index (χ1v) is 10.3. The number of aryl methyl sites for hydroxylation is 2. The number of nitrogens with zero attached hydrogens (tertiary/aromatic N) is 2. The van der Waals surface area contributed by atoms with Gasteiger partial charge in [0.1, 0.15) is 0 Å². The lowest BCUT2D eigenvalue weighted by molar-refractivity contribution is -0.116. The molecule has 0 unspecified atom stereocenters. The van der Waals surface area contributed by atoms with Crippen LogP contribution in [0.4, 0.5) is 5.69 Å². The standard InChI is InChI=1S/C19H18ClN3OS2/c1-13-12-25-19(22-13)26-17-9-8-15(11-16(17)20)23-18(24)7-4-6-14-5-2-3-10-21-14/h2-3,5,8-12H,4,6-7H2,1H3,(H,23,24). The maximum Gasteiger partial charge on any atom is 0.224 e. The van der Waals surface area contributed by atoms with Crippen molar-refractivity contribution in [2.75, 3.05) is 5.32 Å². The molecule has 0 saturated heterocycles. The van der Waals surface area contributed by atoms with Gasteiger partial charge in [-0.1, -0.05) is 29.4 Å². The average molecular weight is 404 g/mol. The molecule has 26 heavy (non-hydrogen) atoms. The van der Waals surface area contributed by atoms with Crippen molar-refractivity contribution in [3.63, 3.8) is 0 Å². The fourth-order valence-electron chi connectivity index (χ4n) is 2.33. The molecule has 0 radical (unpaired) electrons. The molecule has 0 aliphatic carbocycles. The van der Waals surface area contributed by atoms with Gasteiger partial charge in [0.05, 0.1) is 5.02 Å². The van der Waals surface area contributed by atoms with E-state index >= 15 is 0 Å². The molecule has 134 valence electrons. The van der Waals surface area contributed by atoms with Gasteiger partial charge < -0.3 is 5.32 Å². The Morgan fingerprint density at radius 1 is 1.31 bits per heavy atom. The van der Waals surface area contributed by atoms with Crippen LogP contribution in [-0.2, 0) is 11.2 Å². The van der Waals surface area contributed by atoms with Gasteiger partial charge in [0, 0.05) is 40.0 Å². The molecular weight excluding hydrogens is 386 g/mol. The summed E-state index contributed by atoms with van der Waals surface area (Å²) >= 11 is 9.47. The topological polar surface area (TPSA) is 54.9 Å². The largest absolute Gasteiger partial charge is 0.326 e. The summed E-state index contributed by atoms with van der Waals surface area (Å²) in [4.78, 5) is 21.7. The van der Waals surface area contributed by atoms with Crippen molar-refractivity contribution in [2.24, 2.45) is 0 Å². The van der Waals surface area contributed by atoms with Crippen LogP contribution in [0, 0.1) is 6.92 Å². The number of rotatable bonds is 7. The highest BCUT2D eigenvalue weighted by Crippen LogP contribution is 2.36. The van der Waals surface area contributed by atoms with Gasteiger partial charge in [-0.2, -0.15) is 0 Å². The fraction of sp³-hybridized carbons (Fsp3) is 0.211. The van der Waals surface area contributed by atoms with Crippen molar-refractivity contribution in [1.82, 2.24) is 9.97 Å². The molecule has 1 amide bonds. The molecule has 3 rings (SSSR count). The molecule has 0 atom stereocenters. The third-order valence-electron chi connectivity index (χ3n) is 3.57. The van der Waals surface area contributed by atoms with Crippen LogP contribution in [0.5, 0.6) is 0 Å². The van der Waals surface area contributed by atoms with Gasteiger partial charge in [-0.15, -0.1) is 11.3 Å². The van der Waals surface area contributed by atoms with Crippen LogP contribution in [0.25, 0.3) is 0 Å². The molecule has 3 aromatic rings. The Hall–Kier alpha value is -1.89. The van der Waals surface area contributed by atoms with E-state index in [1.54, 1.807) is 23.6 Å². The molecule has 2 heterocycles.